The molecule has 1 heterocycles. The Hall–Kier alpha value is 0.181. The van der Waals surface area contributed by atoms with E-state index >= 15 is 0 Å². The molecular weight excluding hydrogens is 245 g/mol. The standard InChI is InChI=1S/C9H10BF3NO.K/c1-7-3-4-14(9(15)5-7)6-8(2)10(11,12)13;/h3-5H,2,6H2,1H3;/q-1;+1. The number of pyridine rings is 1. The van der Waals surface area contributed by atoms with E-state index in [0.29, 0.717) is 0 Å². The van der Waals surface area contributed by atoms with Crippen molar-refractivity contribution in [2.45, 2.75) is 13.5 Å². The van der Waals surface area contributed by atoms with Crippen molar-refractivity contribution in [3.05, 3.63) is 46.3 Å². The third-order valence-corrected chi connectivity index (χ3v) is 1.99. The Labute approximate surface area is 134 Å². The molecule has 16 heavy (non-hydrogen) atoms. The second-order valence-corrected chi connectivity index (χ2v) is 3.40. The first-order valence-electron chi connectivity index (χ1n) is 4.35. The predicted molar refractivity (Wildman–Crippen MR) is 53.7 cm³/mol. The number of hydrogen-bond donors (Lipinski definition) is 0. The molecule has 0 aliphatic rings. The normalized spacial score (nSPS) is 10.8. The molecule has 0 N–H and O–H groups in total. The van der Waals surface area contributed by atoms with Crippen LogP contribution < -0.4 is 56.9 Å². The molecule has 7 heteroatoms. The van der Waals surface area contributed by atoms with E-state index in [9.17, 15) is 17.7 Å². The van der Waals surface area contributed by atoms with E-state index in [4.69, 9.17) is 0 Å². The van der Waals surface area contributed by atoms with Gasteiger partial charge in [-0.2, -0.15) is 0 Å². The third kappa shape index (κ3) is 4.59. The second-order valence-electron chi connectivity index (χ2n) is 3.40. The smallest absolute Gasteiger partial charge is 0.445 e. The summed E-state index contributed by atoms with van der Waals surface area (Å²) in [6.07, 6.45) is 1.34. The SMILES string of the molecule is C=C(Cn1ccc(C)cc1=O)[B-](F)(F)F.[K+]. The molecule has 1 aromatic rings. The number of aromatic nitrogens is 1. The van der Waals surface area contributed by atoms with Gasteiger partial charge in [0.05, 0.1) is 0 Å². The molecule has 0 amide bonds. The maximum Gasteiger partial charge on any atom is 1.00 e. The van der Waals surface area contributed by atoms with Crippen LogP contribution in [0, 0.1) is 6.92 Å². The molecule has 0 bridgehead atoms. The van der Waals surface area contributed by atoms with Gasteiger partial charge in [0.25, 0.3) is 5.56 Å². The number of rotatable bonds is 3. The molecule has 0 radical (unpaired) electrons. The van der Waals surface area contributed by atoms with Crippen LogP contribution in [-0.2, 0) is 6.54 Å². The molecule has 0 unspecified atom stereocenters. The minimum absolute atomic E-state index is 0. The first kappa shape index (κ1) is 16.2. The Morgan fingerprint density at radius 2 is 2.06 bits per heavy atom. The van der Waals surface area contributed by atoms with Gasteiger partial charge in [-0.25, -0.2) is 0 Å². The Bertz CT molecular complexity index is 441. The van der Waals surface area contributed by atoms with Crippen LogP contribution in [0.3, 0.4) is 0 Å². The second kappa shape index (κ2) is 6.21. The van der Waals surface area contributed by atoms with Gasteiger partial charge in [0.1, 0.15) is 0 Å². The molecule has 82 valence electrons. The summed E-state index contributed by atoms with van der Waals surface area (Å²) in [7, 11) is 0. The molecular formula is C9H10BF3KNO. The number of halogens is 3. The van der Waals surface area contributed by atoms with Gasteiger partial charge < -0.3 is 17.5 Å². The summed E-state index contributed by atoms with van der Waals surface area (Å²) in [6, 6.07) is 2.87. The Balaban J connectivity index is 0.00000225. The zero-order valence-corrected chi connectivity index (χ0v) is 12.3. The van der Waals surface area contributed by atoms with Crippen LogP contribution in [0.4, 0.5) is 12.9 Å². The van der Waals surface area contributed by atoms with Gasteiger partial charge in [0.2, 0.25) is 0 Å². The van der Waals surface area contributed by atoms with Gasteiger partial charge in [-0.15, -0.1) is 12.1 Å². The van der Waals surface area contributed by atoms with Crippen LogP contribution in [-0.4, -0.2) is 11.5 Å². The Morgan fingerprint density at radius 1 is 1.50 bits per heavy atom. The number of hydrogen-bond acceptors (Lipinski definition) is 1. The first-order valence-corrected chi connectivity index (χ1v) is 4.35. The first-order chi connectivity index (χ1) is 6.80. The van der Waals surface area contributed by atoms with Gasteiger partial charge in [-0.05, 0) is 18.6 Å². The Morgan fingerprint density at radius 3 is 2.50 bits per heavy atom. The largest absolute Gasteiger partial charge is 1.00 e. The fraction of sp³-hybridized carbons (Fsp3) is 0.222. The fourth-order valence-electron chi connectivity index (χ4n) is 1.06. The van der Waals surface area contributed by atoms with Crippen LogP contribution in [0.2, 0.25) is 0 Å². The van der Waals surface area contributed by atoms with E-state index < -0.39 is 24.6 Å². The minimum Gasteiger partial charge on any atom is -0.445 e. The van der Waals surface area contributed by atoms with Crippen molar-refractivity contribution in [1.82, 2.24) is 4.57 Å². The molecule has 0 aromatic carbocycles. The zero-order chi connectivity index (χ0) is 11.6. The summed E-state index contributed by atoms with van der Waals surface area (Å²) in [6.45, 7) is -0.942. The van der Waals surface area contributed by atoms with Crippen molar-refractivity contribution in [3.8, 4) is 0 Å². The molecule has 1 aromatic heterocycles. The van der Waals surface area contributed by atoms with E-state index in [1.807, 2.05) is 0 Å². The molecule has 0 spiro atoms. The number of allylic oxidation sites excluding steroid dienone is 1. The van der Waals surface area contributed by atoms with E-state index in [-0.39, 0.29) is 51.4 Å². The zero-order valence-electron chi connectivity index (χ0n) is 9.21. The van der Waals surface area contributed by atoms with Crippen LogP contribution in [0.25, 0.3) is 0 Å². The van der Waals surface area contributed by atoms with Crippen LogP contribution in [0.1, 0.15) is 5.56 Å². The summed E-state index contributed by atoms with van der Waals surface area (Å²) >= 11 is 0. The fourth-order valence-corrected chi connectivity index (χ4v) is 1.06. The summed E-state index contributed by atoms with van der Waals surface area (Å²) in [5.41, 5.74) is -0.600. The van der Waals surface area contributed by atoms with Crippen LogP contribution in [0.5, 0.6) is 0 Å². The van der Waals surface area contributed by atoms with Gasteiger partial charge >= 0.3 is 58.4 Å². The molecule has 0 fully saturated rings. The third-order valence-electron chi connectivity index (χ3n) is 1.99. The van der Waals surface area contributed by atoms with Crippen molar-refractivity contribution in [2.75, 3.05) is 0 Å². The van der Waals surface area contributed by atoms with Crippen molar-refractivity contribution in [3.63, 3.8) is 0 Å². The molecule has 0 saturated carbocycles. The maximum atomic E-state index is 12.2. The van der Waals surface area contributed by atoms with E-state index in [2.05, 4.69) is 6.58 Å². The van der Waals surface area contributed by atoms with E-state index in [0.717, 1.165) is 10.1 Å². The molecule has 1 rings (SSSR count). The van der Waals surface area contributed by atoms with E-state index in [1.54, 1.807) is 13.0 Å². The van der Waals surface area contributed by atoms with Crippen molar-refractivity contribution >= 4 is 6.98 Å². The maximum absolute atomic E-state index is 12.2. The Kier molecular flexibility index (Phi) is 6.28. The van der Waals surface area contributed by atoms with Gasteiger partial charge in [0.15, 0.2) is 0 Å². The van der Waals surface area contributed by atoms with Gasteiger partial charge in [-0.1, -0.05) is 0 Å². The topological polar surface area (TPSA) is 22.0 Å². The monoisotopic (exact) mass is 255 g/mol. The van der Waals surface area contributed by atoms with Gasteiger partial charge in [0, 0.05) is 18.8 Å². The van der Waals surface area contributed by atoms with Crippen LogP contribution >= 0.6 is 0 Å². The molecule has 0 aliphatic heterocycles. The molecule has 2 nitrogen and oxygen atoms in total. The molecule has 0 saturated heterocycles. The van der Waals surface area contributed by atoms with Crippen molar-refractivity contribution < 1.29 is 64.3 Å². The summed E-state index contributed by atoms with van der Waals surface area (Å²) < 4.78 is 37.6. The van der Waals surface area contributed by atoms with E-state index in [1.165, 1.54) is 12.3 Å². The summed E-state index contributed by atoms with van der Waals surface area (Å²) in [5, 5.41) is 0. The average molecular weight is 255 g/mol. The predicted octanol–water partition coefficient (Wildman–Crippen LogP) is -0.896. The summed E-state index contributed by atoms with van der Waals surface area (Å²) in [4.78, 5) is 11.3. The van der Waals surface area contributed by atoms with Crippen molar-refractivity contribution in [1.29, 1.82) is 0 Å². The molecule has 0 atom stereocenters. The van der Waals surface area contributed by atoms with Crippen molar-refractivity contribution in [2.24, 2.45) is 0 Å². The minimum atomic E-state index is -5.08. The number of aryl methyl sites for hydroxylation is 1. The number of nitrogens with zero attached hydrogens (tertiary/aromatic N) is 1. The van der Waals surface area contributed by atoms with Crippen LogP contribution in [0.15, 0.2) is 35.2 Å². The van der Waals surface area contributed by atoms with Gasteiger partial charge in [-0.3, -0.25) is 4.79 Å². The quantitative estimate of drug-likeness (QED) is 0.642. The summed E-state index contributed by atoms with van der Waals surface area (Å²) in [5.74, 6) is 0. The average Bonchev–Trinajstić information content (AvgIpc) is 2.08. The molecule has 0 aliphatic carbocycles.